The molecule has 1 atom stereocenters. The van der Waals surface area contributed by atoms with Crippen molar-refractivity contribution >= 4 is 10.9 Å². The molecule has 0 aliphatic rings. The Labute approximate surface area is 83.4 Å². The van der Waals surface area contributed by atoms with E-state index in [4.69, 9.17) is 5.26 Å². The number of aryl methyl sites for hydroxylation is 1. The second-order valence-electron chi connectivity index (χ2n) is 3.59. The highest BCUT2D eigenvalue weighted by Crippen LogP contribution is 2.20. The summed E-state index contributed by atoms with van der Waals surface area (Å²) in [4.78, 5) is 0. The van der Waals surface area contributed by atoms with E-state index >= 15 is 0 Å². The molecule has 0 amide bonds. The van der Waals surface area contributed by atoms with E-state index in [0.717, 1.165) is 5.52 Å². The molecule has 0 bridgehead atoms. The zero-order valence-corrected chi connectivity index (χ0v) is 8.36. The Bertz CT molecular complexity index is 503. The van der Waals surface area contributed by atoms with Gasteiger partial charge in [0.05, 0.1) is 6.07 Å². The Hall–Kier alpha value is -1.75. The first-order valence-electron chi connectivity index (χ1n) is 4.69. The van der Waals surface area contributed by atoms with Gasteiger partial charge in [-0.2, -0.15) is 5.26 Å². The van der Waals surface area contributed by atoms with Crippen LogP contribution >= 0.6 is 0 Å². The van der Waals surface area contributed by atoms with Crippen LogP contribution in [0, 0.1) is 18.3 Å². The molecule has 2 rings (SSSR count). The molecule has 0 N–H and O–H groups in total. The van der Waals surface area contributed by atoms with E-state index in [2.05, 4.69) is 31.2 Å². The summed E-state index contributed by atoms with van der Waals surface area (Å²) in [5.74, 6) is 0. The van der Waals surface area contributed by atoms with Gasteiger partial charge in [-0.1, -0.05) is 12.1 Å². The van der Waals surface area contributed by atoms with Gasteiger partial charge >= 0.3 is 0 Å². The van der Waals surface area contributed by atoms with Gasteiger partial charge in [0.25, 0.3) is 0 Å². The van der Waals surface area contributed by atoms with Crippen LogP contribution in [-0.2, 0) is 0 Å². The van der Waals surface area contributed by atoms with Crippen molar-refractivity contribution in [3.63, 3.8) is 0 Å². The van der Waals surface area contributed by atoms with Crippen LogP contribution in [0.2, 0.25) is 0 Å². The van der Waals surface area contributed by atoms with Crippen molar-refractivity contribution in [2.45, 2.75) is 19.9 Å². The number of rotatable bonds is 1. The van der Waals surface area contributed by atoms with Gasteiger partial charge in [0, 0.05) is 11.7 Å². The highest BCUT2D eigenvalue weighted by atomic mass is 15.0. The molecular weight excluding hydrogens is 172 g/mol. The average Bonchev–Trinajstić information content (AvgIpc) is 2.59. The summed E-state index contributed by atoms with van der Waals surface area (Å²) >= 11 is 0. The van der Waals surface area contributed by atoms with E-state index in [-0.39, 0.29) is 6.04 Å². The lowest BCUT2D eigenvalue weighted by Gasteiger charge is -2.06. The molecule has 0 fully saturated rings. The summed E-state index contributed by atoms with van der Waals surface area (Å²) in [5.41, 5.74) is 2.36. The van der Waals surface area contributed by atoms with E-state index in [1.54, 1.807) is 0 Å². The fourth-order valence-corrected chi connectivity index (χ4v) is 1.66. The molecule has 1 heterocycles. The van der Waals surface area contributed by atoms with Crippen molar-refractivity contribution in [1.29, 1.82) is 5.26 Å². The second-order valence-corrected chi connectivity index (χ2v) is 3.59. The molecule has 2 aromatic rings. The molecule has 1 aromatic carbocycles. The fourth-order valence-electron chi connectivity index (χ4n) is 1.66. The van der Waals surface area contributed by atoms with Gasteiger partial charge in [0.15, 0.2) is 0 Å². The van der Waals surface area contributed by atoms with Crippen LogP contribution in [0.25, 0.3) is 10.9 Å². The molecule has 0 saturated heterocycles. The monoisotopic (exact) mass is 184 g/mol. The van der Waals surface area contributed by atoms with Crippen LogP contribution in [0.1, 0.15) is 18.5 Å². The molecule has 70 valence electrons. The Morgan fingerprint density at radius 2 is 2.14 bits per heavy atom. The van der Waals surface area contributed by atoms with E-state index < -0.39 is 0 Å². The summed E-state index contributed by atoms with van der Waals surface area (Å²) < 4.78 is 2.00. The van der Waals surface area contributed by atoms with E-state index in [1.807, 2.05) is 23.8 Å². The Balaban J connectivity index is 2.68. The number of nitrogens with zero attached hydrogens (tertiary/aromatic N) is 2. The predicted molar refractivity (Wildman–Crippen MR) is 57.0 cm³/mol. The molecule has 0 spiro atoms. The van der Waals surface area contributed by atoms with Crippen LogP contribution in [0.4, 0.5) is 0 Å². The average molecular weight is 184 g/mol. The summed E-state index contributed by atoms with van der Waals surface area (Å²) in [5, 5.41) is 10.1. The van der Waals surface area contributed by atoms with E-state index in [9.17, 15) is 0 Å². The van der Waals surface area contributed by atoms with Crippen LogP contribution in [-0.4, -0.2) is 4.57 Å². The van der Waals surface area contributed by atoms with Gasteiger partial charge in [0.2, 0.25) is 0 Å². The van der Waals surface area contributed by atoms with Crippen molar-refractivity contribution in [3.8, 4) is 6.07 Å². The summed E-state index contributed by atoms with van der Waals surface area (Å²) in [6.07, 6.45) is 1.97. The zero-order valence-electron chi connectivity index (χ0n) is 8.36. The minimum Gasteiger partial charge on any atom is -0.331 e. The minimum absolute atomic E-state index is 0.103. The largest absolute Gasteiger partial charge is 0.331 e. The third-order valence-corrected chi connectivity index (χ3v) is 2.48. The van der Waals surface area contributed by atoms with Gasteiger partial charge in [0.1, 0.15) is 6.04 Å². The summed E-state index contributed by atoms with van der Waals surface area (Å²) in [6.45, 7) is 3.97. The molecule has 1 unspecified atom stereocenters. The Kier molecular flexibility index (Phi) is 2.01. The Morgan fingerprint density at radius 1 is 1.36 bits per heavy atom. The molecule has 2 heteroatoms. The van der Waals surface area contributed by atoms with Crippen LogP contribution in [0.15, 0.2) is 30.5 Å². The predicted octanol–water partition coefficient (Wildman–Crippen LogP) is 3.03. The van der Waals surface area contributed by atoms with E-state index in [1.165, 1.54) is 10.9 Å². The Morgan fingerprint density at radius 3 is 2.86 bits per heavy atom. The van der Waals surface area contributed by atoms with Crippen LogP contribution in [0.5, 0.6) is 0 Å². The standard InChI is InChI=1S/C12H12N2/c1-9-3-4-11-5-6-14(10(2)8-13)12(11)7-9/h3-7,10H,1-2H3. The van der Waals surface area contributed by atoms with Gasteiger partial charge < -0.3 is 4.57 Å². The topological polar surface area (TPSA) is 28.7 Å². The van der Waals surface area contributed by atoms with E-state index in [0.29, 0.717) is 0 Å². The molecule has 1 aromatic heterocycles. The van der Waals surface area contributed by atoms with Crippen molar-refractivity contribution in [2.75, 3.05) is 0 Å². The molecule has 0 saturated carbocycles. The number of aromatic nitrogens is 1. The normalized spacial score (nSPS) is 12.6. The first-order valence-corrected chi connectivity index (χ1v) is 4.69. The first-order chi connectivity index (χ1) is 6.72. The SMILES string of the molecule is Cc1ccc2ccn(C(C)C#N)c2c1. The number of fused-ring (bicyclic) bond motifs is 1. The van der Waals surface area contributed by atoms with Gasteiger partial charge in [-0.05, 0) is 36.9 Å². The highest BCUT2D eigenvalue weighted by molar-refractivity contribution is 5.81. The molecule has 0 radical (unpaired) electrons. The third kappa shape index (κ3) is 1.27. The van der Waals surface area contributed by atoms with Crippen molar-refractivity contribution < 1.29 is 0 Å². The van der Waals surface area contributed by atoms with Gasteiger partial charge in [-0.3, -0.25) is 0 Å². The molecule has 0 aliphatic heterocycles. The summed E-state index contributed by atoms with van der Waals surface area (Å²) in [7, 11) is 0. The van der Waals surface area contributed by atoms with Gasteiger partial charge in [-0.15, -0.1) is 0 Å². The second kappa shape index (κ2) is 3.19. The fraction of sp³-hybridized carbons (Fsp3) is 0.250. The zero-order chi connectivity index (χ0) is 10.1. The van der Waals surface area contributed by atoms with Crippen molar-refractivity contribution in [2.24, 2.45) is 0 Å². The molecule has 0 aliphatic carbocycles. The number of benzene rings is 1. The molecule has 2 nitrogen and oxygen atoms in total. The van der Waals surface area contributed by atoms with Gasteiger partial charge in [-0.25, -0.2) is 0 Å². The molecule has 14 heavy (non-hydrogen) atoms. The lowest BCUT2D eigenvalue weighted by atomic mass is 10.2. The number of hydrogen-bond acceptors (Lipinski definition) is 1. The first kappa shape index (κ1) is 8.83. The highest BCUT2D eigenvalue weighted by Gasteiger charge is 2.06. The maximum absolute atomic E-state index is 8.86. The quantitative estimate of drug-likeness (QED) is 0.669. The van der Waals surface area contributed by atoms with Crippen molar-refractivity contribution in [3.05, 3.63) is 36.0 Å². The number of nitriles is 1. The molecular formula is C12H12N2. The van der Waals surface area contributed by atoms with Crippen molar-refractivity contribution in [1.82, 2.24) is 4.57 Å². The lowest BCUT2D eigenvalue weighted by molar-refractivity contribution is 0.700. The smallest absolute Gasteiger partial charge is 0.118 e. The maximum atomic E-state index is 8.86. The summed E-state index contributed by atoms with van der Waals surface area (Å²) in [6, 6.07) is 10.5. The number of hydrogen-bond donors (Lipinski definition) is 0. The minimum atomic E-state index is -0.103. The van der Waals surface area contributed by atoms with Crippen LogP contribution in [0.3, 0.4) is 0 Å². The van der Waals surface area contributed by atoms with Crippen LogP contribution < -0.4 is 0 Å². The maximum Gasteiger partial charge on any atom is 0.118 e. The lowest BCUT2D eigenvalue weighted by Crippen LogP contribution is -1.99. The third-order valence-electron chi connectivity index (χ3n) is 2.48.